The van der Waals surface area contributed by atoms with E-state index in [-0.39, 0.29) is 0 Å². The van der Waals surface area contributed by atoms with Crippen LogP contribution in [0.4, 0.5) is 8.78 Å². The summed E-state index contributed by atoms with van der Waals surface area (Å²) in [7, 11) is 0. The Bertz CT molecular complexity index is 593. The molecule has 2 aromatic rings. The Morgan fingerprint density at radius 3 is 2.32 bits per heavy atom. The Hall–Kier alpha value is -1.13. The van der Waals surface area contributed by atoms with E-state index in [0.29, 0.717) is 27.2 Å². The predicted molar refractivity (Wildman–Crippen MR) is 75.3 cm³/mol. The van der Waals surface area contributed by atoms with Crippen molar-refractivity contribution in [2.75, 3.05) is 0 Å². The summed E-state index contributed by atoms with van der Waals surface area (Å²) in [5.41, 5.74) is 1.21. The van der Waals surface area contributed by atoms with Crippen molar-refractivity contribution in [3.63, 3.8) is 0 Å². The molecule has 0 saturated heterocycles. The third-order valence-electron chi connectivity index (χ3n) is 2.56. The van der Waals surface area contributed by atoms with Crippen LogP contribution < -0.4 is 4.74 Å². The third-order valence-corrected chi connectivity index (χ3v) is 3.44. The summed E-state index contributed by atoms with van der Waals surface area (Å²) in [5, 5.41) is 0.918. The number of aryl methyl sites for hydroxylation is 1. The monoisotopic (exact) mass is 346 g/mol. The molecule has 0 radical (unpaired) electrons. The lowest BCUT2D eigenvalue weighted by Crippen LogP contribution is -1.96. The molecule has 0 fully saturated rings. The van der Waals surface area contributed by atoms with E-state index in [1.54, 1.807) is 25.1 Å². The summed E-state index contributed by atoms with van der Waals surface area (Å²) in [6.45, 7) is 1.75. The van der Waals surface area contributed by atoms with Crippen molar-refractivity contribution in [2.24, 2.45) is 0 Å². The molecule has 0 N–H and O–H groups in total. The molecule has 0 bridgehead atoms. The average Bonchev–Trinajstić information content (AvgIpc) is 2.35. The molecule has 0 aliphatic rings. The molecule has 0 heterocycles. The van der Waals surface area contributed by atoms with Crippen molar-refractivity contribution in [3.8, 4) is 11.5 Å². The molecular formula is C14H10BrClF2O. The van der Waals surface area contributed by atoms with Crippen LogP contribution in [0.2, 0.25) is 5.02 Å². The van der Waals surface area contributed by atoms with Gasteiger partial charge in [-0.2, -0.15) is 0 Å². The summed E-state index contributed by atoms with van der Waals surface area (Å²) in [6.07, 6.45) is 0. The summed E-state index contributed by atoms with van der Waals surface area (Å²) < 4.78 is 32.9. The first-order valence-corrected chi connectivity index (χ1v) is 6.99. The summed E-state index contributed by atoms with van der Waals surface area (Å²) in [4.78, 5) is 0. The van der Waals surface area contributed by atoms with Crippen LogP contribution in [0.15, 0.2) is 30.3 Å². The van der Waals surface area contributed by atoms with Gasteiger partial charge in [0.05, 0.1) is 0 Å². The Morgan fingerprint density at radius 1 is 1.16 bits per heavy atom. The van der Waals surface area contributed by atoms with E-state index in [9.17, 15) is 8.78 Å². The molecule has 19 heavy (non-hydrogen) atoms. The van der Waals surface area contributed by atoms with Crippen LogP contribution >= 0.6 is 27.5 Å². The number of ether oxygens (including phenoxy) is 1. The Morgan fingerprint density at radius 2 is 1.79 bits per heavy atom. The van der Waals surface area contributed by atoms with Gasteiger partial charge in [-0.3, -0.25) is 0 Å². The van der Waals surface area contributed by atoms with Gasteiger partial charge in [0.1, 0.15) is 5.75 Å². The molecule has 2 aromatic carbocycles. The zero-order valence-electron chi connectivity index (χ0n) is 10.0. The summed E-state index contributed by atoms with van der Waals surface area (Å²) in [6, 6.07) is 7.32. The Labute approximate surface area is 123 Å². The van der Waals surface area contributed by atoms with Gasteiger partial charge in [0.2, 0.25) is 0 Å². The number of halogens is 4. The fraction of sp³-hybridized carbons (Fsp3) is 0.143. The van der Waals surface area contributed by atoms with Crippen molar-refractivity contribution < 1.29 is 13.5 Å². The van der Waals surface area contributed by atoms with Crippen LogP contribution in [-0.2, 0) is 5.33 Å². The van der Waals surface area contributed by atoms with E-state index >= 15 is 0 Å². The normalized spacial score (nSPS) is 10.6. The number of rotatable bonds is 3. The smallest absolute Gasteiger partial charge is 0.198 e. The molecular weight excluding hydrogens is 338 g/mol. The molecule has 0 spiro atoms. The molecule has 100 valence electrons. The molecule has 2 rings (SSSR count). The van der Waals surface area contributed by atoms with Crippen molar-refractivity contribution >= 4 is 27.5 Å². The van der Waals surface area contributed by atoms with E-state index in [2.05, 4.69) is 15.9 Å². The first-order chi connectivity index (χ1) is 9.01. The molecule has 5 heteroatoms. The van der Waals surface area contributed by atoms with Crippen molar-refractivity contribution in [3.05, 3.63) is 58.1 Å². The molecule has 1 nitrogen and oxygen atoms in total. The maximum absolute atomic E-state index is 13.8. The van der Waals surface area contributed by atoms with Crippen molar-refractivity contribution in [1.82, 2.24) is 0 Å². The highest BCUT2D eigenvalue weighted by Gasteiger charge is 2.14. The summed E-state index contributed by atoms with van der Waals surface area (Å²) >= 11 is 8.96. The number of benzene rings is 2. The predicted octanol–water partition coefficient (Wildman–Crippen LogP) is 5.61. The molecule has 0 saturated carbocycles. The summed E-state index contributed by atoms with van der Waals surface area (Å²) in [5.74, 6) is -1.50. The second kappa shape index (κ2) is 5.88. The fourth-order valence-corrected chi connectivity index (χ4v) is 2.17. The third kappa shape index (κ3) is 3.25. The molecule has 0 aliphatic heterocycles. The zero-order chi connectivity index (χ0) is 14.0. The highest BCUT2D eigenvalue weighted by atomic mass is 79.9. The molecule has 0 amide bonds. The van der Waals surface area contributed by atoms with E-state index < -0.39 is 17.4 Å². The number of alkyl halides is 1. The maximum Gasteiger partial charge on any atom is 0.198 e. The first kappa shape index (κ1) is 14.3. The Kier molecular flexibility index (Phi) is 4.42. The lowest BCUT2D eigenvalue weighted by atomic mass is 10.2. The standard InChI is InChI=1S/C14H10BrClF2O/c1-8-4-10(16)2-3-13(8)19-14-11(17)5-9(7-15)6-12(14)18/h2-6H,7H2,1H3. The van der Waals surface area contributed by atoms with Crippen LogP contribution in [0.3, 0.4) is 0 Å². The van der Waals surface area contributed by atoms with Crippen LogP contribution in [0.5, 0.6) is 11.5 Å². The Balaban J connectivity index is 2.38. The van der Waals surface area contributed by atoms with Gasteiger partial charge < -0.3 is 4.74 Å². The second-order valence-corrected chi connectivity index (χ2v) is 5.03. The topological polar surface area (TPSA) is 9.23 Å². The second-order valence-electron chi connectivity index (χ2n) is 4.03. The molecule has 0 atom stereocenters. The number of hydrogen-bond donors (Lipinski definition) is 0. The van der Waals surface area contributed by atoms with E-state index in [0.717, 1.165) is 0 Å². The zero-order valence-corrected chi connectivity index (χ0v) is 12.4. The first-order valence-electron chi connectivity index (χ1n) is 5.49. The fourth-order valence-electron chi connectivity index (χ4n) is 1.62. The largest absolute Gasteiger partial charge is 0.451 e. The number of hydrogen-bond acceptors (Lipinski definition) is 1. The van der Waals surface area contributed by atoms with Crippen LogP contribution in [-0.4, -0.2) is 0 Å². The van der Waals surface area contributed by atoms with Gasteiger partial charge >= 0.3 is 0 Å². The highest BCUT2D eigenvalue weighted by molar-refractivity contribution is 9.08. The molecule has 0 unspecified atom stereocenters. The average molecular weight is 348 g/mol. The van der Waals surface area contributed by atoms with E-state index in [1.165, 1.54) is 12.1 Å². The lowest BCUT2D eigenvalue weighted by molar-refractivity contribution is 0.405. The van der Waals surface area contributed by atoms with Crippen LogP contribution in [0, 0.1) is 18.6 Å². The van der Waals surface area contributed by atoms with E-state index in [1.807, 2.05) is 0 Å². The maximum atomic E-state index is 13.8. The van der Waals surface area contributed by atoms with Crippen LogP contribution in [0.1, 0.15) is 11.1 Å². The molecule has 0 aliphatic carbocycles. The van der Waals surface area contributed by atoms with E-state index in [4.69, 9.17) is 16.3 Å². The van der Waals surface area contributed by atoms with Gasteiger partial charge in [0.25, 0.3) is 0 Å². The van der Waals surface area contributed by atoms with Gasteiger partial charge in [-0.05, 0) is 48.4 Å². The quantitative estimate of drug-likeness (QED) is 0.655. The van der Waals surface area contributed by atoms with Gasteiger partial charge in [0.15, 0.2) is 17.4 Å². The van der Waals surface area contributed by atoms with Gasteiger partial charge in [0, 0.05) is 10.4 Å². The molecule has 0 aromatic heterocycles. The minimum atomic E-state index is -0.733. The van der Waals surface area contributed by atoms with Crippen LogP contribution in [0.25, 0.3) is 0 Å². The highest BCUT2D eigenvalue weighted by Crippen LogP contribution is 2.32. The van der Waals surface area contributed by atoms with Gasteiger partial charge in [-0.25, -0.2) is 8.78 Å². The van der Waals surface area contributed by atoms with Crippen molar-refractivity contribution in [1.29, 1.82) is 0 Å². The van der Waals surface area contributed by atoms with Gasteiger partial charge in [-0.15, -0.1) is 0 Å². The SMILES string of the molecule is Cc1cc(Cl)ccc1Oc1c(F)cc(CBr)cc1F. The minimum absolute atomic E-state index is 0.369. The lowest BCUT2D eigenvalue weighted by Gasteiger charge is -2.11. The van der Waals surface area contributed by atoms with Crippen molar-refractivity contribution in [2.45, 2.75) is 12.3 Å². The minimum Gasteiger partial charge on any atom is -0.451 e. The van der Waals surface area contributed by atoms with Gasteiger partial charge in [-0.1, -0.05) is 27.5 Å².